The first-order valence-corrected chi connectivity index (χ1v) is 4.40. The van der Waals surface area contributed by atoms with Gasteiger partial charge in [0.1, 0.15) is 11.5 Å². The van der Waals surface area contributed by atoms with Gasteiger partial charge >= 0.3 is 0 Å². The molecule has 0 atom stereocenters. The molecular weight excluding hydrogens is 178 g/mol. The number of anilines is 1. The SMILES string of the molecule is CCn1cnc(-c2nccc(N)n2)c1. The number of imidazole rings is 1. The minimum absolute atomic E-state index is 0.459. The monoisotopic (exact) mass is 189 g/mol. The standard InChI is InChI=1S/C9H11N5/c1-2-14-5-7(12-6-14)9-11-4-3-8(10)13-9/h3-6H,2H2,1H3,(H2,10,11,13). The average molecular weight is 189 g/mol. The second kappa shape index (κ2) is 3.45. The van der Waals surface area contributed by atoms with Gasteiger partial charge in [-0.2, -0.15) is 0 Å². The third kappa shape index (κ3) is 1.56. The van der Waals surface area contributed by atoms with Crippen LogP contribution in [0.1, 0.15) is 6.92 Å². The van der Waals surface area contributed by atoms with E-state index in [1.165, 1.54) is 0 Å². The van der Waals surface area contributed by atoms with E-state index in [-0.39, 0.29) is 0 Å². The highest BCUT2D eigenvalue weighted by Crippen LogP contribution is 2.11. The highest BCUT2D eigenvalue weighted by molar-refractivity contribution is 5.49. The molecule has 2 N–H and O–H groups in total. The van der Waals surface area contributed by atoms with Crippen molar-refractivity contribution in [2.45, 2.75) is 13.5 Å². The zero-order chi connectivity index (χ0) is 9.97. The average Bonchev–Trinajstić information content (AvgIpc) is 2.66. The normalized spacial score (nSPS) is 10.4. The Morgan fingerprint density at radius 2 is 2.29 bits per heavy atom. The van der Waals surface area contributed by atoms with E-state index >= 15 is 0 Å². The molecule has 0 amide bonds. The molecule has 2 heterocycles. The quantitative estimate of drug-likeness (QED) is 0.763. The number of rotatable bonds is 2. The summed E-state index contributed by atoms with van der Waals surface area (Å²) in [6, 6.07) is 1.65. The van der Waals surface area contributed by atoms with Crippen LogP contribution in [-0.2, 0) is 6.54 Å². The van der Waals surface area contributed by atoms with Gasteiger partial charge < -0.3 is 10.3 Å². The number of nitrogens with zero attached hydrogens (tertiary/aromatic N) is 4. The van der Waals surface area contributed by atoms with Crippen molar-refractivity contribution in [3.8, 4) is 11.5 Å². The van der Waals surface area contributed by atoms with Crippen LogP contribution in [0, 0.1) is 0 Å². The van der Waals surface area contributed by atoms with Gasteiger partial charge in [-0.25, -0.2) is 15.0 Å². The molecule has 14 heavy (non-hydrogen) atoms. The van der Waals surface area contributed by atoms with Crippen molar-refractivity contribution in [3.63, 3.8) is 0 Å². The van der Waals surface area contributed by atoms with Crippen LogP contribution in [0.3, 0.4) is 0 Å². The molecule has 0 spiro atoms. The van der Waals surface area contributed by atoms with Crippen LogP contribution < -0.4 is 5.73 Å². The van der Waals surface area contributed by atoms with Gasteiger partial charge in [0.05, 0.1) is 6.33 Å². The van der Waals surface area contributed by atoms with Gasteiger partial charge in [-0.1, -0.05) is 0 Å². The van der Waals surface area contributed by atoms with Gasteiger partial charge in [0.25, 0.3) is 0 Å². The molecule has 2 aromatic heterocycles. The number of nitrogen functional groups attached to an aromatic ring is 1. The van der Waals surface area contributed by atoms with E-state index < -0.39 is 0 Å². The predicted octanol–water partition coefficient (Wildman–Crippen LogP) is 0.942. The maximum absolute atomic E-state index is 5.55. The van der Waals surface area contributed by atoms with Crippen molar-refractivity contribution in [1.82, 2.24) is 19.5 Å². The van der Waals surface area contributed by atoms with Crippen LogP contribution in [-0.4, -0.2) is 19.5 Å². The Kier molecular flexibility index (Phi) is 2.14. The van der Waals surface area contributed by atoms with E-state index in [0.29, 0.717) is 11.6 Å². The third-order valence-corrected chi connectivity index (χ3v) is 1.90. The van der Waals surface area contributed by atoms with Crippen LogP contribution in [0.4, 0.5) is 5.82 Å². The van der Waals surface area contributed by atoms with Crippen LogP contribution in [0.5, 0.6) is 0 Å². The number of nitrogens with two attached hydrogens (primary N) is 1. The summed E-state index contributed by atoms with van der Waals surface area (Å²) in [7, 11) is 0. The lowest BCUT2D eigenvalue weighted by molar-refractivity contribution is 0.761. The first-order chi connectivity index (χ1) is 6.79. The number of aryl methyl sites for hydroxylation is 1. The second-order valence-electron chi connectivity index (χ2n) is 2.89. The van der Waals surface area contributed by atoms with E-state index in [1.54, 1.807) is 18.6 Å². The lowest BCUT2D eigenvalue weighted by Gasteiger charge is -1.95. The first kappa shape index (κ1) is 8.68. The van der Waals surface area contributed by atoms with Gasteiger partial charge in [0.2, 0.25) is 0 Å². The zero-order valence-corrected chi connectivity index (χ0v) is 7.88. The molecular formula is C9H11N5. The minimum Gasteiger partial charge on any atom is -0.384 e. The van der Waals surface area contributed by atoms with Crippen LogP contribution in [0.25, 0.3) is 11.5 Å². The molecule has 5 nitrogen and oxygen atoms in total. The van der Waals surface area contributed by atoms with Crippen LogP contribution in [0.2, 0.25) is 0 Å². The Balaban J connectivity index is 2.39. The fourth-order valence-corrected chi connectivity index (χ4v) is 1.14. The molecule has 0 aliphatic heterocycles. The van der Waals surface area contributed by atoms with Crippen molar-refractivity contribution >= 4 is 5.82 Å². The van der Waals surface area contributed by atoms with E-state index in [1.807, 2.05) is 17.7 Å². The van der Waals surface area contributed by atoms with E-state index in [4.69, 9.17) is 5.73 Å². The summed E-state index contributed by atoms with van der Waals surface area (Å²) in [5.74, 6) is 1.03. The van der Waals surface area contributed by atoms with E-state index in [0.717, 1.165) is 12.2 Å². The molecule has 0 saturated heterocycles. The summed E-state index contributed by atoms with van der Waals surface area (Å²) < 4.78 is 1.96. The number of hydrogen-bond acceptors (Lipinski definition) is 4. The van der Waals surface area contributed by atoms with Crippen molar-refractivity contribution < 1.29 is 0 Å². The Morgan fingerprint density at radius 1 is 1.43 bits per heavy atom. The largest absolute Gasteiger partial charge is 0.384 e. The summed E-state index contributed by atoms with van der Waals surface area (Å²) in [6.45, 7) is 2.93. The molecule has 2 rings (SSSR count). The topological polar surface area (TPSA) is 69.6 Å². The van der Waals surface area contributed by atoms with Crippen LogP contribution >= 0.6 is 0 Å². The molecule has 0 radical (unpaired) electrons. The summed E-state index contributed by atoms with van der Waals surface area (Å²) in [5.41, 5.74) is 6.30. The zero-order valence-electron chi connectivity index (χ0n) is 7.88. The molecule has 0 unspecified atom stereocenters. The molecule has 0 aliphatic carbocycles. The molecule has 5 heteroatoms. The molecule has 2 aromatic rings. The van der Waals surface area contributed by atoms with Crippen molar-refractivity contribution in [2.75, 3.05) is 5.73 Å². The number of hydrogen-bond donors (Lipinski definition) is 1. The van der Waals surface area contributed by atoms with E-state index in [9.17, 15) is 0 Å². The van der Waals surface area contributed by atoms with Crippen LogP contribution in [0.15, 0.2) is 24.8 Å². The minimum atomic E-state index is 0.459. The molecule has 0 saturated carbocycles. The van der Waals surface area contributed by atoms with Gasteiger partial charge in [0, 0.05) is 18.9 Å². The lowest BCUT2D eigenvalue weighted by Crippen LogP contribution is -1.94. The number of aromatic nitrogens is 4. The van der Waals surface area contributed by atoms with Gasteiger partial charge in [-0.15, -0.1) is 0 Å². The van der Waals surface area contributed by atoms with Gasteiger partial charge in [-0.05, 0) is 13.0 Å². The Bertz CT molecular complexity index is 434. The fourth-order valence-electron chi connectivity index (χ4n) is 1.14. The van der Waals surface area contributed by atoms with Crippen molar-refractivity contribution in [3.05, 3.63) is 24.8 Å². The molecule has 0 bridgehead atoms. The fraction of sp³-hybridized carbons (Fsp3) is 0.222. The molecule has 72 valence electrons. The highest BCUT2D eigenvalue weighted by atomic mass is 15.1. The predicted molar refractivity (Wildman–Crippen MR) is 53.3 cm³/mol. The maximum atomic E-state index is 5.55. The van der Waals surface area contributed by atoms with Crippen molar-refractivity contribution in [1.29, 1.82) is 0 Å². The molecule has 0 aromatic carbocycles. The summed E-state index contributed by atoms with van der Waals surface area (Å²) >= 11 is 0. The first-order valence-electron chi connectivity index (χ1n) is 4.40. The lowest BCUT2D eigenvalue weighted by atomic mass is 10.4. The molecule has 0 fully saturated rings. The summed E-state index contributed by atoms with van der Waals surface area (Å²) in [5, 5.41) is 0. The second-order valence-corrected chi connectivity index (χ2v) is 2.89. The summed E-state index contributed by atoms with van der Waals surface area (Å²) in [6.07, 6.45) is 5.28. The Labute approximate surface area is 81.6 Å². The van der Waals surface area contributed by atoms with Gasteiger partial charge in [0.15, 0.2) is 5.82 Å². The van der Waals surface area contributed by atoms with Crippen molar-refractivity contribution in [2.24, 2.45) is 0 Å². The third-order valence-electron chi connectivity index (χ3n) is 1.90. The van der Waals surface area contributed by atoms with Gasteiger partial charge in [-0.3, -0.25) is 0 Å². The summed E-state index contributed by atoms with van der Waals surface area (Å²) in [4.78, 5) is 12.4. The highest BCUT2D eigenvalue weighted by Gasteiger charge is 2.04. The van der Waals surface area contributed by atoms with E-state index in [2.05, 4.69) is 15.0 Å². The Hall–Kier alpha value is -1.91. The molecule has 0 aliphatic rings. The smallest absolute Gasteiger partial charge is 0.181 e. The Morgan fingerprint density at radius 3 is 2.93 bits per heavy atom. The maximum Gasteiger partial charge on any atom is 0.181 e.